The van der Waals surface area contributed by atoms with E-state index in [9.17, 15) is 0 Å². The molecule has 0 unspecified atom stereocenters. The number of nitrogens with zero attached hydrogens (tertiary/aromatic N) is 1. The third-order valence-corrected chi connectivity index (χ3v) is 4.02. The average Bonchev–Trinajstić information content (AvgIpc) is 2.33. The van der Waals surface area contributed by atoms with E-state index in [1.54, 1.807) is 18.9 Å². The fourth-order valence-electron chi connectivity index (χ4n) is 1.51. The van der Waals surface area contributed by atoms with Gasteiger partial charge < -0.3 is 10.1 Å². The maximum Gasteiger partial charge on any atom is 0.161 e. The van der Waals surface area contributed by atoms with Crippen LogP contribution in [0.3, 0.4) is 0 Å². The maximum absolute atomic E-state index is 5.12. The minimum atomic E-state index is 0.315. The zero-order valence-corrected chi connectivity index (χ0v) is 11.3. The molecule has 1 aromatic carbocycles. The van der Waals surface area contributed by atoms with Crippen molar-refractivity contribution in [3.63, 3.8) is 0 Å². The Morgan fingerprint density at radius 2 is 2.00 bits per heavy atom. The van der Waals surface area contributed by atoms with Gasteiger partial charge in [0, 0.05) is 18.0 Å². The van der Waals surface area contributed by atoms with Crippen molar-refractivity contribution in [2.24, 2.45) is 10.4 Å². The summed E-state index contributed by atoms with van der Waals surface area (Å²) < 4.78 is 5.12. The number of benzene rings is 1. The first-order valence-electron chi connectivity index (χ1n) is 5.67. The van der Waals surface area contributed by atoms with Gasteiger partial charge in [0.25, 0.3) is 0 Å². The number of anilines is 1. The summed E-state index contributed by atoms with van der Waals surface area (Å²) in [5.74, 6) is 1.98. The van der Waals surface area contributed by atoms with Gasteiger partial charge in [-0.05, 0) is 29.7 Å². The predicted octanol–water partition coefficient (Wildman–Crippen LogP) is 3.24. The van der Waals surface area contributed by atoms with Gasteiger partial charge in [-0.25, -0.2) is 0 Å². The van der Waals surface area contributed by atoms with Crippen LogP contribution in [0.15, 0.2) is 29.3 Å². The maximum atomic E-state index is 5.12. The van der Waals surface area contributed by atoms with E-state index in [4.69, 9.17) is 4.74 Å². The Bertz CT molecular complexity index is 412. The lowest BCUT2D eigenvalue weighted by atomic mass is 9.97. The fourth-order valence-corrected chi connectivity index (χ4v) is 2.48. The summed E-state index contributed by atoms with van der Waals surface area (Å²) in [5, 5.41) is 4.34. The standard InChI is InChI=1S/C13H18N2OS/c1-13(2)8-14-12(17-9-13)15-10-4-6-11(16-3)7-5-10/h4-7H,8-9H2,1-3H3,(H,14,15). The number of aliphatic imine (C=N–C) groups is 1. The van der Waals surface area contributed by atoms with Gasteiger partial charge in [-0.2, -0.15) is 0 Å². The molecule has 17 heavy (non-hydrogen) atoms. The number of thioether (sulfide) groups is 1. The fraction of sp³-hybridized carbons (Fsp3) is 0.462. The molecule has 0 saturated carbocycles. The molecule has 4 heteroatoms. The monoisotopic (exact) mass is 250 g/mol. The number of hydrogen-bond acceptors (Lipinski definition) is 4. The van der Waals surface area contributed by atoms with Crippen molar-refractivity contribution in [3.8, 4) is 5.75 Å². The highest BCUT2D eigenvalue weighted by Crippen LogP contribution is 2.28. The zero-order valence-electron chi connectivity index (χ0n) is 10.5. The van der Waals surface area contributed by atoms with Crippen molar-refractivity contribution < 1.29 is 4.74 Å². The molecule has 0 radical (unpaired) electrons. The Labute approximate surface area is 107 Å². The first kappa shape index (κ1) is 12.3. The molecule has 0 amide bonds. The number of nitrogens with one attached hydrogen (secondary N) is 1. The van der Waals surface area contributed by atoms with Gasteiger partial charge in [0.2, 0.25) is 0 Å². The highest BCUT2D eigenvalue weighted by Gasteiger charge is 2.23. The van der Waals surface area contributed by atoms with Crippen LogP contribution >= 0.6 is 11.8 Å². The molecule has 0 bridgehead atoms. The molecule has 0 saturated heterocycles. The lowest BCUT2D eigenvalue weighted by Gasteiger charge is -2.27. The highest BCUT2D eigenvalue weighted by atomic mass is 32.2. The second-order valence-corrected chi connectivity index (χ2v) is 5.89. The van der Waals surface area contributed by atoms with E-state index < -0.39 is 0 Å². The van der Waals surface area contributed by atoms with Crippen molar-refractivity contribution in [2.45, 2.75) is 13.8 Å². The Morgan fingerprint density at radius 1 is 1.29 bits per heavy atom. The smallest absolute Gasteiger partial charge is 0.161 e. The van der Waals surface area contributed by atoms with E-state index in [1.165, 1.54) is 0 Å². The Balaban J connectivity index is 1.99. The third kappa shape index (κ3) is 3.40. The lowest BCUT2D eigenvalue weighted by molar-refractivity contribution is 0.415. The van der Waals surface area contributed by atoms with E-state index in [0.29, 0.717) is 5.41 Å². The number of rotatable bonds is 2. The molecule has 2 rings (SSSR count). The number of hydrogen-bond donors (Lipinski definition) is 1. The molecule has 1 N–H and O–H groups in total. The SMILES string of the molecule is COc1ccc(NC2=NCC(C)(C)CS2)cc1. The summed E-state index contributed by atoms with van der Waals surface area (Å²) in [7, 11) is 1.67. The second-order valence-electron chi connectivity index (χ2n) is 4.93. The van der Waals surface area contributed by atoms with Crippen molar-refractivity contribution in [1.29, 1.82) is 0 Å². The number of amidine groups is 1. The first-order valence-corrected chi connectivity index (χ1v) is 6.66. The van der Waals surface area contributed by atoms with E-state index in [2.05, 4.69) is 24.2 Å². The second kappa shape index (κ2) is 5.00. The molecule has 0 aromatic heterocycles. The van der Waals surface area contributed by atoms with Crippen LogP contribution in [-0.4, -0.2) is 24.6 Å². The van der Waals surface area contributed by atoms with Crippen molar-refractivity contribution in [1.82, 2.24) is 0 Å². The number of methoxy groups -OCH3 is 1. The molecule has 1 heterocycles. The van der Waals surface area contributed by atoms with E-state index in [1.807, 2.05) is 24.3 Å². The molecular weight excluding hydrogens is 232 g/mol. The average molecular weight is 250 g/mol. The molecule has 1 aliphatic rings. The van der Waals surface area contributed by atoms with Crippen LogP contribution in [0, 0.1) is 5.41 Å². The molecule has 0 fully saturated rings. The van der Waals surface area contributed by atoms with Crippen LogP contribution in [0.2, 0.25) is 0 Å². The molecule has 0 atom stereocenters. The summed E-state index contributed by atoms with van der Waals surface area (Å²) in [6.45, 7) is 5.37. The van der Waals surface area contributed by atoms with Crippen LogP contribution in [-0.2, 0) is 0 Å². The van der Waals surface area contributed by atoms with Crippen LogP contribution < -0.4 is 10.1 Å². The molecular formula is C13H18N2OS. The Kier molecular flexibility index (Phi) is 3.62. The Hall–Kier alpha value is -1.16. The molecule has 3 nitrogen and oxygen atoms in total. The predicted molar refractivity (Wildman–Crippen MR) is 75.2 cm³/mol. The molecule has 0 spiro atoms. The van der Waals surface area contributed by atoms with E-state index >= 15 is 0 Å². The van der Waals surface area contributed by atoms with Gasteiger partial charge in [-0.1, -0.05) is 25.6 Å². The van der Waals surface area contributed by atoms with Crippen LogP contribution in [0.4, 0.5) is 5.69 Å². The first-order chi connectivity index (χ1) is 8.09. The lowest BCUT2D eigenvalue weighted by Crippen LogP contribution is -2.27. The van der Waals surface area contributed by atoms with Crippen LogP contribution in [0.5, 0.6) is 5.75 Å². The summed E-state index contributed by atoms with van der Waals surface area (Å²) in [6, 6.07) is 7.89. The van der Waals surface area contributed by atoms with Crippen LogP contribution in [0.25, 0.3) is 0 Å². The quantitative estimate of drug-likeness (QED) is 0.875. The van der Waals surface area contributed by atoms with Crippen molar-refractivity contribution in [2.75, 3.05) is 24.7 Å². The topological polar surface area (TPSA) is 33.6 Å². The Morgan fingerprint density at radius 3 is 2.53 bits per heavy atom. The van der Waals surface area contributed by atoms with Crippen molar-refractivity contribution >= 4 is 22.6 Å². The minimum absolute atomic E-state index is 0.315. The summed E-state index contributed by atoms with van der Waals surface area (Å²) >= 11 is 1.78. The van der Waals surface area contributed by atoms with Crippen LogP contribution in [0.1, 0.15) is 13.8 Å². The number of ether oxygens (including phenoxy) is 1. The summed E-state index contributed by atoms with van der Waals surface area (Å²) in [6.07, 6.45) is 0. The normalized spacial score (nSPS) is 18.4. The van der Waals surface area contributed by atoms with E-state index in [0.717, 1.165) is 28.9 Å². The zero-order chi connectivity index (χ0) is 12.3. The molecule has 1 aromatic rings. The van der Waals surface area contributed by atoms with Gasteiger partial charge >= 0.3 is 0 Å². The minimum Gasteiger partial charge on any atom is -0.497 e. The molecule has 0 aliphatic carbocycles. The van der Waals surface area contributed by atoms with Gasteiger partial charge in [0.05, 0.1) is 7.11 Å². The van der Waals surface area contributed by atoms with Gasteiger partial charge in [-0.3, -0.25) is 4.99 Å². The summed E-state index contributed by atoms with van der Waals surface area (Å²) in [4.78, 5) is 4.56. The van der Waals surface area contributed by atoms with Gasteiger partial charge in [0.15, 0.2) is 5.17 Å². The molecule has 1 aliphatic heterocycles. The van der Waals surface area contributed by atoms with E-state index in [-0.39, 0.29) is 0 Å². The molecule has 92 valence electrons. The van der Waals surface area contributed by atoms with Crippen molar-refractivity contribution in [3.05, 3.63) is 24.3 Å². The largest absolute Gasteiger partial charge is 0.497 e. The summed E-state index contributed by atoms with van der Waals surface area (Å²) in [5.41, 5.74) is 1.37. The van der Waals surface area contributed by atoms with Gasteiger partial charge in [0.1, 0.15) is 5.75 Å². The van der Waals surface area contributed by atoms with Gasteiger partial charge in [-0.15, -0.1) is 0 Å². The third-order valence-electron chi connectivity index (χ3n) is 2.59. The highest BCUT2D eigenvalue weighted by molar-refractivity contribution is 8.14.